The molecule has 2 heteroatoms. The normalized spacial score (nSPS) is 11.9. The quantitative estimate of drug-likeness (QED) is 0.174. The zero-order chi connectivity index (χ0) is 33.8. The van der Waals surface area contributed by atoms with E-state index < -0.39 is 0 Å². The standard InChI is InChI=1S/C48H37NO/c1-48(2,3)46-42-23-10-11-25-45(42)50-47(46)35-17-12-18-37(30-35)49(44-24-13-16-32-14-4-7-20-39(32)44)36-28-26-33(27-29-36)43-31-34-15-5-6-19-38(34)40-21-8-9-22-41(40)43/h4-31H,1-3H3. The number of furan rings is 1. The molecule has 9 rings (SSSR count). The fourth-order valence-electron chi connectivity index (χ4n) is 7.69. The Bertz CT molecular complexity index is 2690. The molecule has 2 nitrogen and oxygen atoms in total. The Balaban J connectivity index is 1.22. The van der Waals surface area contributed by atoms with E-state index in [4.69, 9.17) is 4.42 Å². The van der Waals surface area contributed by atoms with Crippen LogP contribution in [0.4, 0.5) is 17.1 Å². The zero-order valence-corrected chi connectivity index (χ0v) is 28.5. The third-order valence-corrected chi connectivity index (χ3v) is 9.92. The minimum atomic E-state index is -0.101. The lowest BCUT2D eigenvalue weighted by Gasteiger charge is -2.28. The summed E-state index contributed by atoms with van der Waals surface area (Å²) in [6.07, 6.45) is 0. The lowest BCUT2D eigenvalue weighted by atomic mass is 9.83. The van der Waals surface area contributed by atoms with Gasteiger partial charge in [-0.25, -0.2) is 0 Å². The summed E-state index contributed by atoms with van der Waals surface area (Å²) >= 11 is 0. The van der Waals surface area contributed by atoms with Crippen molar-refractivity contribution in [1.29, 1.82) is 0 Å². The molecule has 0 radical (unpaired) electrons. The molecular formula is C48H37NO. The summed E-state index contributed by atoms with van der Waals surface area (Å²) in [5.41, 5.74) is 8.84. The van der Waals surface area contributed by atoms with Crippen molar-refractivity contribution in [2.75, 3.05) is 4.90 Å². The van der Waals surface area contributed by atoms with Crippen LogP contribution in [0.3, 0.4) is 0 Å². The first kappa shape index (κ1) is 30.0. The average Bonchev–Trinajstić information content (AvgIpc) is 3.56. The topological polar surface area (TPSA) is 16.4 Å². The number of benzene rings is 8. The van der Waals surface area contributed by atoms with Crippen LogP contribution in [-0.2, 0) is 5.41 Å². The molecule has 0 spiro atoms. The second-order valence-corrected chi connectivity index (χ2v) is 14.2. The van der Waals surface area contributed by atoms with Crippen LogP contribution in [0.15, 0.2) is 174 Å². The van der Waals surface area contributed by atoms with E-state index in [0.717, 1.165) is 34.0 Å². The highest BCUT2D eigenvalue weighted by atomic mass is 16.3. The van der Waals surface area contributed by atoms with Crippen LogP contribution in [0.2, 0.25) is 0 Å². The molecule has 9 aromatic rings. The van der Waals surface area contributed by atoms with Crippen molar-refractivity contribution in [3.05, 3.63) is 175 Å². The van der Waals surface area contributed by atoms with Crippen molar-refractivity contribution in [2.24, 2.45) is 0 Å². The summed E-state index contributed by atoms with van der Waals surface area (Å²) in [7, 11) is 0. The highest BCUT2D eigenvalue weighted by molar-refractivity contribution is 6.13. The van der Waals surface area contributed by atoms with Gasteiger partial charge in [0.2, 0.25) is 0 Å². The Hall–Kier alpha value is -6.12. The van der Waals surface area contributed by atoms with Gasteiger partial charge in [0.15, 0.2) is 0 Å². The van der Waals surface area contributed by atoms with E-state index in [0.29, 0.717) is 0 Å². The predicted octanol–water partition coefficient (Wildman–Crippen LogP) is 14.0. The number of hydrogen-bond acceptors (Lipinski definition) is 2. The number of hydrogen-bond donors (Lipinski definition) is 0. The summed E-state index contributed by atoms with van der Waals surface area (Å²) in [6.45, 7) is 6.79. The Labute approximate surface area is 292 Å². The molecule has 50 heavy (non-hydrogen) atoms. The van der Waals surface area contributed by atoms with Gasteiger partial charge < -0.3 is 9.32 Å². The third-order valence-electron chi connectivity index (χ3n) is 9.92. The Morgan fingerprint density at radius 1 is 0.440 bits per heavy atom. The Morgan fingerprint density at radius 3 is 1.84 bits per heavy atom. The van der Waals surface area contributed by atoms with E-state index in [1.807, 2.05) is 6.07 Å². The second-order valence-electron chi connectivity index (χ2n) is 14.2. The van der Waals surface area contributed by atoms with Crippen LogP contribution in [0.25, 0.3) is 65.7 Å². The maximum Gasteiger partial charge on any atom is 0.139 e. The van der Waals surface area contributed by atoms with Gasteiger partial charge in [0.25, 0.3) is 0 Å². The van der Waals surface area contributed by atoms with Gasteiger partial charge >= 0.3 is 0 Å². The van der Waals surface area contributed by atoms with E-state index in [-0.39, 0.29) is 5.41 Å². The third kappa shape index (κ3) is 5.04. The number of para-hydroxylation sites is 1. The number of rotatable bonds is 5. The van der Waals surface area contributed by atoms with E-state index in [1.165, 1.54) is 54.4 Å². The first-order valence-electron chi connectivity index (χ1n) is 17.4. The average molecular weight is 644 g/mol. The molecule has 0 aliphatic carbocycles. The largest absolute Gasteiger partial charge is 0.456 e. The van der Waals surface area contributed by atoms with Gasteiger partial charge in [-0.2, -0.15) is 0 Å². The van der Waals surface area contributed by atoms with Crippen molar-refractivity contribution in [2.45, 2.75) is 26.2 Å². The molecule has 8 aromatic carbocycles. The van der Waals surface area contributed by atoms with Crippen LogP contribution in [0.1, 0.15) is 26.3 Å². The SMILES string of the molecule is CC(C)(C)c1c(-c2cccc(N(c3ccc(-c4cc5ccccc5c5ccccc45)cc3)c3cccc4ccccc34)c2)oc2ccccc12. The first-order valence-corrected chi connectivity index (χ1v) is 17.4. The highest BCUT2D eigenvalue weighted by Gasteiger charge is 2.27. The van der Waals surface area contributed by atoms with Gasteiger partial charge in [0.1, 0.15) is 11.3 Å². The van der Waals surface area contributed by atoms with Crippen LogP contribution in [0.5, 0.6) is 0 Å². The van der Waals surface area contributed by atoms with Crippen molar-refractivity contribution in [1.82, 2.24) is 0 Å². The summed E-state index contributed by atoms with van der Waals surface area (Å²) in [4.78, 5) is 2.38. The Morgan fingerprint density at radius 2 is 1.06 bits per heavy atom. The molecule has 0 atom stereocenters. The van der Waals surface area contributed by atoms with E-state index in [1.54, 1.807) is 0 Å². The molecule has 0 bridgehead atoms. The van der Waals surface area contributed by atoms with E-state index >= 15 is 0 Å². The monoisotopic (exact) mass is 643 g/mol. The van der Waals surface area contributed by atoms with Crippen LogP contribution < -0.4 is 4.90 Å². The molecule has 1 heterocycles. The van der Waals surface area contributed by atoms with Gasteiger partial charge in [-0.3, -0.25) is 0 Å². The second kappa shape index (κ2) is 11.8. The minimum Gasteiger partial charge on any atom is -0.456 e. The van der Waals surface area contributed by atoms with Crippen LogP contribution in [0, 0.1) is 0 Å². The molecule has 0 fully saturated rings. The lowest BCUT2D eigenvalue weighted by molar-refractivity contribution is 0.568. The smallest absolute Gasteiger partial charge is 0.139 e. The number of nitrogens with zero attached hydrogens (tertiary/aromatic N) is 1. The summed E-state index contributed by atoms with van der Waals surface area (Å²) in [5.74, 6) is 0.928. The molecule has 240 valence electrons. The van der Waals surface area contributed by atoms with Gasteiger partial charge in [-0.1, -0.05) is 148 Å². The number of anilines is 3. The summed E-state index contributed by atoms with van der Waals surface area (Å²) in [5, 5.41) is 8.64. The van der Waals surface area contributed by atoms with Gasteiger partial charge in [0, 0.05) is 33.3 Å². The minimum absolute atomic E-state index is 0.101. The fourth-order valence-corrected chi connectivity index (χ4v) is 7.69. The predicted molar refractivity (Wildman–Crippen MR) is 213 cm³/mol. The van der Waals surface area contributed by atoms with E-state index in [9.17, 15) is 0 Å². The van der Waals surface area contributed by atoms with Gasteiger partial charge in [-0.15, -0.1) is 0 Å². The molecule has 0 aliphatic rings. The van der Waals surface area contributed by atoms with E-state index in [2.05, 4.69) is 189 Å². The summed E-state index contributed by atoms with van der Waals surface area (Å²) in [6, 6.07) is 61.2. The van der Waals surface area contributed by atoms with Crippen molar-refractivity contribution >= 4 is 60.3 Å². The fraction of sp³-hybridized carbons (Fsp3) is 0.0833. The van der Waals surface area contributed by atoms with Gasteiger partial charge in [0.05, 0.1) is 5.69 Å². The van der Waals surface area contributed by atoms with Crippen molar-refractivity contribution in [3.8, 4) is 22.5 Å². The first-order chi connectivity index (χ1) is 24.4. The van der Waals surface area contributed by atoms with Crippen LogP contribution >= 0.6 is 0 Å². The molecule has 0 amide bonds. The maximum absolute atomic E-state index is 6.64. The molecule has 0 saturated heterocycles. The maximum atomic E-state index is 6.64. The van der Waals surface area contributed by atoms with Crippen molar-refractivity contribution < 1.29 is 4.42 Å². The van der Waals surface area contributed by atoms with Gasteiger partial charge in [-0.05, 0) is 85.9 Å². The summed E-state index contributed by atoms with van der Waals surface area (Å²) < 4.78 is 6.64. The van der Waals surface area contributed by atoms with Crippen molar-refractivity contribution in [3.63, 3.8) is 0 Å². The molecular weight excluding hydrogens is 607 g/mol. The van der Waals surface area contributed by atoms with Crippen LogP contribution in [-0.4, -0.2) is 0 Å². The molecule has 0 aliphatic heterocycles. The number of fused-ring (bicyclic) bond motifs is 5. The molecule has 1 aromatic heterocycles. The molecule has 0 N–H and O–H groups in total. The Kier molecular flexibility index (Phi) is 7.07. The zero-order valence-electron chi connectivity index (χ0n) is 28.5. The molecule has 0 saturated carbocycles. The lowest BCUT2D eigenvalue weighted by Crippen LogP contribution is -2.12. The molecule has 0 unspecified atom stereocenters. The highest BCUT2D eigenvalue weighted by Crippen LogP contribution is 2.45.